The van der Waals surface area contributed by atoms with Gasteiger partial charge in [0.25, 0.3) is 0 Å². The lowest BCUT2D eigenvalue weighted by Gasteiger charge is -2.12. The summed E-state index contributed by atoms with van der Waals surface area (Å²) in [6, 6.07) is 8.04. The smallest absolute Gasteiger partial charge is 0.224 e. The molecule has 3 nitrogen and oxygen atoms in total. The second-order valence-corrected chi connectivity index (χ2v) is 5.67. The van der Waals surface area contributed by atoms with Gasteiger partial charge in [-0.15, -0.1) is 12.4 Å². The monoisotopic (exact) mass is 310 g/mol. The van der Waals surface area contributed by atoms with E-state index < -0.39 is 0 Å². The van der Waals surface area contributed by atoms with Crippen LogP contribution in [0, 0.1) is 5.92 Å². The Balaban J connectivity index is 0.00000220. The Bertz CT molecular complexity index is 431. The minimum Gasteiger partial charge on any atom is -0.326 e. The number of hydrogen-bond donors (Lipinski definition) is 2. The Hall–Kier alpha value is -1.06. The van der Waals surface area contributed by atoms with Crippen molar-refractivity contribution in [3.8, 4) is 0 Å². The molecule has 0 bridgehead atoms. The molecular weight excluding hydrogens is 284 g/mol. The number of anilines is 1. The molecule has 1 amide bonds. The molecule has 0 saturated heterocycles. The van der Waals surface area contributed by atoms with Crippen molar-refractivity contribution in [3.05, 3.63) is 29.8 Å². The maximum atomic E-state index is 12.1. The van der Waals surface area contributed by atoms with Crippen LogP contribution < -0.4 is 10.6 Å². The predicted molar refractivity (Wildman–Crippen MR) is 90.9 cm³/mol. The number of halogens is 1. The lowest BCUT2D eigenvalue weighted by molar-refractivity contribution is -0.116. The van der Waals surface area contributed by atoms with Crippen LogP contribution in [-0.2, 0) is 11.3 Å². The van der Waals surface area contributed by atoms with Gasteiger partial charge in [-0.3, -0.25) is 4.79 Å². The number of carbonyl (C=O) groups excluding carboxylic acids is 1. The Morgan fingerprint density at radius 2 is 1.95 bits per heavy atom. The first kappa shape index (κ1) is 18.0. The molecule has 21 heavy (non-hydrogen) atoms. The van der Waals surface area contributed by atoms with Crippen LogP contribution in [0.25, 0.3) is 0 Å². The highest BCUT2D eigenvalue weighted by Gasteiger charge is 2.16. The third-order valence-electron chi connectivity index (χ3n) is 4.11. The molecular formula is C17H27ClN2O. The van der Waals surface area contributed by atoms with E-state index in [0.717, 1.165) is 36.7 Å². The van der Waals surface area contributed by atoms with Crippen molar-refractivity contribution in [2.75, 3.05) is 11.9 Å². The minimum absolute atomic E-state index is 0. The molecule has 1 fully saturated rings. The van der Waals surface area contributed by atoms with E-state index in [0.29, 0.717) is 6.42 Å². The fourth-order valence-corrected chi connectivity index (χ4v) is 2.90. The van der Waals surface area contributed by atoms with Gasteiger partial charge in [0, 0.05) is 18.7 Å². The average Bonchev–Trinajstić information content (AvgIpc) is 2.97. The molecule has 0 radical (unpaired) electrons. The van der Waals surface area contributed by atoms with Gasteiger partial charge in [-0.05, 0) is 30.5 Å². The summed E-state index contributed by atoms with van der Waals surface area (Å²) in [5.74, 6) is 0.929. The van der Waals surface area contributed by atoms with Gasteiger partial charge >= 0.3 is 0 Å². The molecule has 0 heterocycles. The zero-order valence-electron chi connectivity index (χ0n) is 12.9. The van der Waals surface area contributed by atoms with Crippen molar-refractivity contribution in [3.63, 3.8) is 0 Å². The highest BCUT2D eigenvalue weighted by atomic mass is 35.5. The van der Waals surface area contributed by atoms with Gasteiger partial charge in [0.05, 0.1) is 0 Å². The number of para-hydroxylation sites is 1. The lowest BCUT2D eigenvalue weighted by atomic mass is 10.0. The highest BCUT2D eigenvalue weighted by molar-refractivity contribution is 5.91. The molecule has 1 aromatic carbocycles. The zero-order valence-corrected chi connectivity index (χ0v) is 13.7. The Morgan fingerprint density at radius 1 is 1.24 bits per heavy atom. The zero-order chi connectivity index (χ0) is 14.2. The van der Waals surface area contributed by atoms with E-state index in [2.05, 4.69) is 23.6 Å². The number of rotatable bonds is 7. The molecule has 0 unspecified atom stereocenters. The van der Waals surface area contributed by atoms with Crippen LogP contribution in [0.1, 0.15) is 51.0 Å². The maximum Gasteiger partial charge on any atom is 0.224 e. The third kappa shape index (κ3) is 6.06. The molecule has 4 heteroatoms. The van der Waals surface area contributed by atoms with Crippen LogP contribution in [-0.4, -0.2) is 12.5 Å². The van der Waals surface area contributed by atoms with E-state index >= 15 is 0 Å². The van der Waals surface area contributed by atoms with Gasteiger partial charge < -0.3 is 10.6 Å². The van der Waals surface area contributed by atoms with E-state index in [9.17, 15) is 4.79 Å². The van der Waals surface area contributed by atoms with Crippen LogP contribution in [0.4, 0.5) is 5.69 Å². The molecule has 1 aliphatic carbocycles. The fraction of sp³-hybridized carbons (Fsp3) is 0.588. The number of benzene rings is 1. The van der Waals surface area contributed by atoms with Crippen molar-refractivity contribution >= 4 is 24.0 Å². The molecule has 1 aromatic rings. The van der Waals surface area contributed by atoms with Gasteiger partial charge in [0.1, 0.15) is 0 Å². The average molecular weight is 311 g/mol. The Kier molecular flexibility index (Phi) is 8.40. The first-order valence-electron chi connectivity index (χ1n) is 7.88. The largest absolute Gasteiger partial charge is 0.326 e. The molecule has 1 aliphatic rings. The quantitative estimate of drug-likeness (QED) is 0.795. The number of hydrogen-bond acceptors (Lipinski definition) is 2. The molecule has 0 atom stereocenters. The van der Waals surface area contributed by atoms with E-state index in [-0.39, 0.29) is 18.3 Å². The van der Waals surface area contributed by atoms with Gasteiger partial charge in [0.2, 0.25) is 5.91 Å². The molecule has 118 valence electrons. The van der Waals surface area contributed by atoms with Gasteiger partial charge in [-0.2, -0.15) is 0 Å². The summed E-state index contributed by atoms with van der Waals surface area (Å²) in [4.78, 5) is 12.1. The minimum atomic E-state index is 0. The number of nitrogens with one attached hydrogen (secondary N) is 2. The number of amides is 1. The van der Waals surface area contributed by atoms with Crippen molar-refractivity contribution in [1.82, 2.24) is 5.32 Å². The van der Waals surface area contributed by atoms with E-state index in [1.165, 1.54) is 25.7 Å². The van der Waals surface area contributed by atoms with Crippen molar-refractivity contribution < 1.29 is 4.79 Å². The first-order chi connectivity index (χ1) is 9.79. The summed E-state index contributed by atoms with van der Waals surface area (Å²) in [7, 11) is 0. The molecule has 0 aromatic heterocycles. The number of carbonyl (C=O) groups is 1. The summed E-state index contributed by atoms with van der Waals surface area (Å²) in [5, 5.41) is 6.37. The molecule has 2 rings (SSSR count). The van der Waals surface area contributed by atoms with Crippen molar-refractivity contribution in [2.24, 2.45) is 5.92 Å². The Labute approximate surface area is 134 Å². The van der Waals surface area contributed by atoms with Crippen LogP contribution in [0.3, 0.4) is 0 Å². The van der Waals surface area contributed by atoms with Crippen LogP contribution in [0.15, 0.2) is 24.3 Å². The standard InChI is InChI=1S/C17H26N2O.ClH/c1-2-18-13-15-9-5-6-10-16(15)19-17(20)12-11-14-7-3-4-8-14;/h5-6,9-10,14,18H,2-4,7-8,11-13H2,1H3,(H,19,20);1H. The maximum absolute atomic E-state index is 12.1. The third-order valence-corrected chi connectivity index (χ3v) is 4.11. The molecule has 0 spiro atoms. The van der Waals surface area contributed by atoms with Gasteiger partial charge in [-0.25, -0.2) is 0 Å². The summed E-state index contributed by atoms with van der Waals surface area (Å²) in [5.41, 5.74) is 2.11. The predicted octanol–water partition coefficient (Wildman–Crippen LogP) is 4.13. The SMILES string of the molecule is CCNCc1ccccc1NC(=O)CCC1CCCC1.Cl. The normalized spacial score (nSPS) is 14.7. The lowest BCUT2D eigenvalue weighted by Crippen LogP contribution is -2.17. The molecule has 0 aliphatic heterocycles. The topological polar surface area (TPSA) is 41.1 Å². The molecule has 1 saturated carbocycles. The summed E-state index contributed by atoms with van der Waals surface area (Å²) in [6.45, 7) is 3.82. The van der Waals surface area contributed by atoms with E-state index in [1.54, 1.807) is 0 Å². The summed E-state index contributed by atoms with van der Waals surface area (Å²) >= 11 is 0. The summed E-state index contributed by atoms with van der Waals surface area (Å²) < 4.78 is 0. The summed E-state index contributed by atoms with van der Waals surface area (Å²) in [6.07, 6.45) is 7.01. The van der Waals surface area contributed by atoms with E-state index in [4.69, 9.17) is 0 Å². The van der Waals surface area contributed by atoms with Crippen LogP contribution >= 0.6 is 12.4 Å². The van der Waals surface area contributed by atoms with Crippen LogP contribution in [0.5, 0.6) is 0 Å². The van der Waals surface area contributed by atoms with Crippen LogP contribution in [0.2, 0.25) is 0 Å². The Morgan fingerprint density at radius 3 is 2.67 bits per heavy atom. The van der Waals surface area contributed by atoms with Crippen molar-refractivity contribution in [1.29, 1.82) is 0 Å². The second kappa shape index (κ2) is 9.80. The van der Waals surface area contributed by atoms with E-state index in [1.807, 2.05) is 18.2 Å². The first-order valence-corrected chi connectivity index (χ1v) is 7.88. The van der Waals surface area contributed by atoms with Crippen molar-refractivity contribution in [2.45, 2.75) is 52.0 Å². The second-order valence-electron chi connectivity index (χ2n) is 5.67. The highest BCUT2D eigenvalue weighted by Crippen LogP contribution is 2.28. The van der Waals surface area contributed by atoms with Gasteiger partial charge in [0.15, 0.2) is 0 Å². The molecule has 2 N–H and O–H groups in total. The fourth-order valence-electron chi connectivity index (χ4n) is 2.90. The van der Waals surface area contributed by atoms with Gasteiger partial charge in [-0.1, -0.05) is 50.8 Å².